The molecule has 0 aromatic heterocycles. The summed E-state index contributed by atoms with van der Waals surface area (Å²) < 4.78 is 61.1. The van der Waals surface area contributed by atoms with Gasteiger partial charge in [-0.1, -0.05) is 0 Å². The van der Waals surface area contributed by atoms with Gasteiger partial charge in [0.2, 0.25) is 0 Å². The van der Waals surface area contributed by atoms with Crippen molar-refractivity contribution < 1.29 is 26.7 Å². The minimum Gasteiger partial charge on any atom is -0.542 e. The number of carbonyl (C=O) groups is 1. The highest BCUT2D eigenvalue weighted by atomic mass is 127. The smallest absolute Gasteiger partial charge is 0.339 e. The van der Waals surface area contributed by atoms with Gasteiger partial charge in [0.1, 0.15) is 21.7 Å². The summed E-state index contributed by atoms with van der Waals surface area (Å²) in [6.45, 7) is -0.641. The Morgan fingerprint density at radius 1 is 1.04 bits per heavy atom. The van der Waals surface area contributed by atoms with Crippen LogP contribution in [0.15, 0.2) is 35.2 Å². The zero-order valence-corrected chi connectivity index (χ0v) is 20.0. The van der Waals surface area contributed by atoms with Gasteiger partial charge in [-0.15, -0.1) is 6.54 Å². The van der Waals surface area contributed by atoms with E-state index < -0.39 is 32.5 Å². The Kier molecular flexibility index (Phi) is 7.99. The van der Waals surface area contributed by atoms with Crippen molar-refractivity contribution in [3.8, 4) is 0 Å². The van der Waals surface area contributed by atoms with Gasteiger partial charge in [0, 0.05) is 16.8 Å². The number of hydrogen-bond donors (Lipinski definition) is 0. The van der Waals surface area contributed by atoms with Gasteiger partial charge in [-0.3, -0.25) is 0 Å². The molecule has 0 unspecified atom stereocenters. The van der Waals surface area contributed by atoms with Gasteiger partial charge in [0.25, 0.3) is 0 Å². The third-order valence-electron chi connectivity index (χ3n) is 2.93. The molecule has 0 saturated carbocycles. The van der Waals surface area contributed by atoms with E-state index in [4.69, 9.17) is 4.74 Å². The first-order chi connectivity index (χ1) is 12.1. The summed E-state index contributed by atoms with van der Waals surface area (Å²) in [7, 11) is -4.24. The molecule has 2 rings (SSSR count). The second-order valence-electron chi connectivity index (χ2n) is 4.82. The van der Waals surface area contributed by atoms with Crippen molar-refractivity contribution in [3.05, 3.63) is 63.0 Å². The van der Waals surface area contributed by atoms with Crippen LogP contribution in [-0.2, 0) is 14.8 Å². The van der Waals surface area contributed by atoms with Crippen LogP contribution in [0.25, 0.3) is 4.72 Å². The van der Waals surface area contributed by atoms with Gasteiger partial charge >= 0.3 is 5.97 Å². The molecule has 0 radical (unpaired) electrons. The number of nitrogens with zero attached hydrogens (tertiary/aromatic N) is 1. The summed E-state index contributed by atoms with van der Waals surface area (Å²) in [6.07, 6.45) is 0. The molecule has 5 nitrogen and oxygen atoms in total. The van der Waals surface area contributed by atoms with Crippen LogP contribution in [0.5, 0.6) is 0 Å². The predicted octanol–water partition coefficient (Wildman–Crippen LogP) is 4.70. The highest BCUT2D eigenvalue weighted by Crippen LogP contribution is 2.24. The number of esters is 1. The third-order valence-corrected chi connectivity index (χ3v) is 7.95. The Morgan fingerprint density at radius 2 is 1.65 bits per heavy atom. The number of ether oxygens (including phenoxy) is 1. The Morgan fingerprint density at radius 3 is 2.27 bits per heavy atom. The molecule has 2 aromatic rings. The topological polar surface area (TPSA) is 74.5 Å². The van der Waals surface area contributed by atoms with Gasteiger partial charge in [0.05, 0.1) is 17.1 Å². The van der Waals surface area contributed by atoms with E-state index in [1.54, 1.807) is 6.07 Å². The molecule has 140 valence electrons. The van der Waals surface area contributed by atoms with Gasteiger partial charge in [-0.25, -0.2) is 22.0 Å². The van der Waals surface area contributed by atoms with E-state index in [0.29, 0.717) is 23.8 Å². The highest BCUT2D eigenvalue weighted by Gasteiger charge is 2.15. The summed E-state index contributed by atoms with van der Waals surface area (Å²) in [5.41, 5.74) is 0.372. The maximum atomic E-state index is 13.1. The molecule has 0 spiro atoms. The number of rotatable bonds is 6. The minimum absolute atomic E-state index is 0.284. The van der Waals surface area contributed by atoms with Gasteiger partial charge in [-0.2, -0.15) is 0 Å². The van der Waals surface area contributed by atoms with E-state index in [2.05, 4.69) is 49.9 Å². The van der Waals surface area contributed by atoms with E-state index in [0.717, 1.165) is 10.7 Å². The van der Waals surface area contributed by atoms with Crippen molar-refractivity contribution in [2.75, 3.05) is 13.2 Å². The zero-order chi connectivity index (χ0) is 19.5. The molecule has 0 aliphatic rings. The fourth-order valence-electron chi connectivity index (χ4n) is 1.83. The molecule has 0 N–H and O–H groups in total. The lowest BCUT2D eigenvalue weighted by atomic mass is 10.2. The minimum atomic E-state index is -4.24. The van der Waals surface area contributed by atoms with Crippen LogP contribution in [-0.4, -0.2) is 27.5 Å². The predicted molar refractivity (Wildman–Crippen MR) is 117 cm³/mol. The molecule has 26 heavy (non-hydrogen) atoms. The number of hydrogen-bond acceptors (Lipinski definition) is 4. The van der Waals surface area contributed by atoms with Crippen LogP contribution in [0.3, 0.4) is 0 Å². The van der Waals surface area contributed by atoms with E-state index in [1.807, 2.05) is 28.7 Å². The van der Waals surface area contributed by atoms with Crippen LogP contribution in [0, 0.1) is 22.3 Å². The largest absolute Gasteiger partial charge is 0.542 e. The lowest BCUT2D eigenvalue weighted by molar-refractivity contribution is 0.0521. The molecule has 0 atom stereocenters. The molecular weight excluding hydrogens is 709 g/mol. The van der Waals surface area contributed by atoms with Crippen molar-refractivity contribution in [2.45, 2.75) is 4.90 Å². The van der Waals surface area contributed by atoms with E-state index in [1.165, 1.54) is 0 Å². The normalized spacial score (nSPS) is 11.4. The second-order valence-corrected chi connectivity index (χ2v) is 9.98. The Bertz CT molecular complexity index is 934. The van der Waals surface area contributed by atoms with E-state index in [9.17, 15) is 22.0 Å². The molecule has 0 aliphatic carbocycles. The average Bonchev–Trinajstić information content (AvgIpc) is 2.53. The first-order valence-electron chi connectivity index (χ1n) is 6.81. The van der Waals surface area contributed by atoms with Crippen LogP contribution < -0.4 is 0 Å². The van der Waals surface area contributed by atoms with Crippen LogP contribution in [0.2, 0.25) is 0 Å². The second kappa shape index (κ2) is 9.38. The molecular formula is C15H9F2I3NO4S-. The van der Waals surface area contributed by atoms with Crippen LogP contribution in [0.1, 0.15) is 10.4 Å². The fraction of sp³-hybridized carbons (Fsp3) is 0.133. The van der Waals surface area contributed by atoms with Crippen molar-refractivity contribution >= 4 is 83.8 Å². The van der Waals surface area contributed by atoms with Gasteiger partial charge in [-0.05, 0) is 92.0 Å². The maximum Gasteiger partial charge on any atom is 0.339 e. The molecule has 0 aliphatic heterocycles. The molecule has 0 heterocycles. The van der Waals surface area contributed by atoms with Crippen LogP contribution in [0.4, 0.5) is 8.78 Å². The molecule has 0 bridgehead atoms. The first kappa shape index (κ1) is 22.2. The monoisotopic (exact) mass is 718 g/mol. The lowest BCUT2D eigenvalue weighted by Crippen LogP contribution is -2.13. The summed E-state index contributed by atoms with van der Waals surface area (Å²) in [6, 6.07) is 5.47. The van der Waals surface area contributed by atoms with Gasteiger partial charge < -0.3 is 9.46 Å². The van der Waals surface area contributed by atoms with E-state index in [-0.39, 0.29) is 13.2 Å². The molecule has 2 aromatic carbocycles. The van der Waals surface area contributed by atoms with E-state index >= 15 is 0 Å². The molecule has 0 fully saturated rings. The Hall–Kier alpha value is -0.130. The summed E-state index contributed by atoms with van der Waals surface area (Å²) in [4.78, 5) is 11.5. The third kappa shape index (κ3) is 5.93. The Labute approximate surface area is 189 Å². The standard InChI is InChI=1S/C15H9F2I3NO4S/c16-8-3-9(17)5-11(4-8)26(23,24)21-1-2-25-15(22)12-6-10(18)7-13(19)14(12)20/h3-7H,1-2H2/q-1. The maximum absolute atomic E-state index is 13.1. The fourth-order valence-corrected chi connectivity index (χ4v) is 5.19. The first-order valence-corrected chi connectivity index (χ1v) is 11.5. The summed E-state index contributed by atoms with van der Waals surface area (Å²) in [5.74, 6) is -2.64. The van der Waals surface area contributed by atoms with Crippen molar-refractivity contribution in [2.24, 2.45) is 0 Å². The summed E-state index contributed by atoms with van der Waals surface area (Å²) in [5, 5.41) is 0. The average molecular weight is 718 g/mol. The van der Waals surface area contributed by atoms with Crippen molar-refractivity contribution in [3.63, 3.8) is 0 Å². The number of halogens is 5. The zero-order valence-electron chi connectivity index (χ0n) is 12.7. The van der Waals surface area contributed by atoms with Crippen molar-refractivity contribution in [1.29, 1.82) is 0 Å². The molecule has 11 heteroatoms. The quantitative estimate of drug-likeness (QED) is 0.188. The van der Waals surface area contributed by atoms with Gasteiger partial charge in [0.15, 0.2) is 0 Å². The summed E-state index contributed by atoms with van der Waals surface area (Å²) >= 11 is 6.19. The van der Waals surface area contributed by atoms with Crippen molar-refractivity contribution in [1.82, 2.24) is 0 Å². The van der Waals surface area contributed by atoms with Crippen LogP contribution >= 0.6 is 67.8 Å². The number of carbonyl (C=O) groups excluding carboxylic acids is 1. The number of sulfonamides is 1. The molecule has 0 amide bonds. The Balaban J connectivity index is 1.97. The number of benzene rings is 2. The molecule has 0 saturated heterocycles. The SMILES string of the molecule is O=C(OCC[N-]S(=O)(=O)c1cc(F)cc(F)c1)c1cc(I)cc(I)c1I. The highest BCUT2D eigenvalue weighted by molar-refractivity contribution is 14.1. The lowest BCUT2D eigenvalue weighted by Gasteiger charge is -2.20.